The van der Waals surface area contributed by atoms with Crippen LogP contribution < -0.4 is 5.32 Å². The lowest BCUT2D eigenvalue weighted by Crippen LogP contribution is -2.50. The minimum absolute atomic E-state index is 0.0255. The maximum Gasteiger partial charge on any atom is 0.407 e. The van der Waals surface area contributed by atoms with Crippen molar-refractivity contribution < 1.29 is 23.8 Å². The molecule has 1 heterocycles. The minimum Gasteiger partial charge on any atom is -0.464 e. The van der Waals surface area contributed by atoms with E-state index in [1.54, 1.807) is 6.92 Å². The maximum atomic E-state index is 12.2. The molecule has 2 aliphatic rings. The molecule has 0 aromatic carbocycles. The Morgan fingerprint density at radius 2 is 2.05 bits per heavy atom. The lowest BCUT2D eigenvalue weighted by molar-refractivity contribution is -0.150. The van der Waals surface area contributed by atoms with Gasteiger partial charge in [0.05, 0.1) is 25.9 Å². The third kappa shape index (κ3) is 4.33. The van der Waals surface area contributed by atoms with Gasteiger partial charge in [-0.2, -0.15) is 0 Å². The van der Waals surface area contributed by atoms with Crippen molar-refractivity contribution in [2.24, 2.45) is 11.8 Å². The van der Waals surface area contributed by atoms with Crippen molar-refractivity contribution in [1.82, 2.24) is 5.32 Å². The molecule has 120 valence electrons. The summed E-state index contributed by atoms with van der Waals surface area (Å²) < 4.78 is 15.7. The molecule has 2 rings (SSSR count). The quantitative estimate of drug-likeness (QED) is 0.784. The van der Waals surface area contributed by atoms with Gasteiger partial charge in [0.15, 0.2) is 0 Å². The molecule has 6 nitrogen and oxygen atoms in total. The van der Waals surface area contributed by atoms with E-state index in [0.717, 1.165) is 12.8 Å². The molecule has 0 radical (unpaired) electrons. The zero-order chi connectivity index (χ0) is 15.4. The van der Waals surface area contributed by atoms with Crippen LogP contribution in [0.2, 0.25) is 0 Å². The second kappa shape index (κ2) is 7.11. The molecule has 4 unspecified atom stereocenters. The van der Waals surface area contributed by atoms with Crippen molar-refractivity contribution in [3.8, 4) is 0 Å². The normalized spacial score (nSPS) is 30.3. The van der Waals surface area contributed by atoms with E-state index in [-0.39, 0.29) is 18.1 Å². The number of hydrogen-bond acceptors (Lipinski definition) is 5. The topological polar surface area (TPSA) is 73.9 Å². The average molecular weight is 299 g/mol. The lowest BCUT2D eigenvalue weighted by atomic mass is 9.84. The first kappa shape index (κ1) is 16.1. The Balaban J connectivity index is 2.05. The summed E-state index contributed by atoms with van der Waals surface area (Å²) in [6.45, 7) is 4.07. The van der Waals surface area contributed by atoms with Crippen LogP contribution in [-0.4, -0.2) is 44.0 Å². The van der Waals surface area contributed by atoms with Crippen LogP contribution in [0.3, 0.4) is 0 Å². The Kier molecular flexibility index (Phi) is 5.45. The van der Waals surface area contributed by atoms with Crippen molar-refractivity contribution in [2.75, 3.05) is 13.7 Å². The summed E-state index contributed by atoms with van der Waals surface area (Å²) in [5.41, 5.74) is 0. The molecule has 1 amide bonds. The third-order valence-electron chi connectivity index (χ3n) is 4.20. The van der Waals surface area contributed by atoms with Crippen molar-refractivity contribution in [3.05, 3.63) is 0 Å². The van der Waals surface area contributed by atoms with Gasteiger partial charge in [0, 0.05) is 0 Å². The highest BCUT2D eigenvalue weighted by Gasteiger charge is 2.42. The van der Waals surface area contributed by atoms with Crippen LogP contribution in [0, 0.1) is 11.8 Å². The molecule has 1 aliphatic heterocycles. The van der Waals surface area contributed by atoms with E-state index >= 15 is 0 Å². The zero-order valence-electron chi connectivity index (χ0n) is 13.0. The van der Waals surface area contributed by atoms with Crippen LogP contribution in [0.4, 0.5) is 4.79 Å². The molecule has 1 saturated heterocycles. The van der Waals surface area contributed by atoms with Crippen LogP contribution >= 0.6 is 0 Å². The highest BCUT2D eigenvalue weighted by Crippen LogP contribution is 2.41. The van der Waals surface area contributed by atoms with E-state index in [2.05, 4.69) is 10.1 Å². The summed E-state index contributed by atoms with van der Waals surface area (Å²) in [6, 6.07) is -0.662. The molecule has 1 aliphatic carbocycles. The fraction of sp³-hybridized carbons (Fsp3) is 0.867. The number of esters is 1. The number of alkyl carbamates (subject to hydrolysis) is 1. The number of ether oxygens (including phenoxy) is 3. The second-order valence-electron chi connectivity index (χ2n) is 5.92. The van der Waals surface area contributed by atoms with Gasteiger partial charge >= 0.3 is 12.1 Å². The van der Waals surface area contributed by atoms with Crippen LogP contribution in [-0.2, 0) is 19.0 Å². The molecule has 1 N–H and O–H groups in total. The largest absolute Gasteiger partial charge is 0.464 e. The van der Waals surface area contributed by atoms with Crippen molar-refractivity contribution in [3.63, 3.8) is 0 Å². The van der Waals surface area contributed by atoms with Crippen LogP contribution in [0.1, 0.15) is 39.5 Å². The summed E-state index contributed by atoms with van der Waals surface area (Å²) in [5, 5.41) is 2.63. The van der Waals surface area contributed by atoms with Gasteiger partial charge in [-0.25, -0.2) is 9.59 Å². The Labute approximate surface area is 125 Å². The van der Waals surface area contributed by atoms with E-state index in [4.69, 9.17) is 9.47 Å². The fourth-order valence-corrected chi connectivity index (χ4v) is 3.06. The summed E-state index contributed by atoms with van der Waals surface area (Å²) in [4.78, 5) is 23.7. The van der Waals surface area contributed by atoms with Gasteiger partial charge in [-0.15, -0.1) is 0 Å². The van der Waals surface area contributed by atoms with Gasteiger partial charge in [-0.3, -0.25) is 0 Å². The number of rotatable bonds is 5. The van der Waals surface area contributed by atoms with Gasteiger partial charge in [0.1, 0.15) is 6.04 Å². The predicted octanol–water partition coefficient (Wildman–Crippen LogP) is 1.87. The van der Waals surface area contributed by atoms with Crippen molar-refractivity contribution >= 4 is 12.1 Å². The molecular weight excluding hydrogens is 274 g/mol. The van der Waals surface area contributed by atoms with E-state index < -0.39 is 18.1 Å². The van der Waals surface area contributed by atoms with Crippen LogP contribution in [0.25, 0.3) is 0 Å². The van der Waals surface area contributed by atoms with Crippen LogP contribution in [0.5, 0.6) is 0 Å². The molecular formula is C15H25NO5. The SMILES string of the molecule is CCOC(=O)C(NC(=O)OC)C1CC(C)OC(C2CC2)C1. The average Bonchev–Trinajstić information content (AvgIpc) is 3.28. The molecule has 2 fully saturated rings. The number of nitrogens with one attached hydrogen (secondary N) is 1. The first-order valence-electron chi connectivity index (χ1n) is 7.71. The van der Waals surface area contributed by atoms with E-state index in [1.807, 2.05) is 6.92 Å². The van der Waals surface area contributed by atoms with Gasteiger partial charge in [-0.05, 0) is 51.4 Å². The smallest absolute Gasteiger partial charge is 0.407 e. The Morgan fingerprint density at radius 1 is 1.33 bits per heavy atom. The summed E-state index contributed by atoms with van der Waals surface area (Å²) in [5.74, 6) is 0.241. The first-order valence-corrected chi connectivity index (χ1v) is 7.71. The second-order valence-corrected chi connectivity index (χ2v) is 5.92. The van der Waals surface area contributed by atoms with E-state index in [0.29, 0.717) is 12.5 Å². The van der Waals surface area contributed by atoms with Gasteiger partial charge in [-0.1, -0.05) is 0 Å². The number of carbonyl (C=O) groups is 2. The van der Waals surface area contributed by atoms with Gasteiger partial charge in [0.25, 0.3) is 0 Å². The van der Waals surface area contributed by atoms with Gasteiger partial charge < -0.3 is 19.5 Å². The third-order valence-corrected chi connectivity index (χ3v) is 4.20. The summed E-state index contributed by atoms with van der Waals surface area (Å²) >= 11 is 0. The monoisotopic (exact) mass is 299 g/mol. The highest BCUT2D eigenvalue weighted by molar-refractivity contribution is 5.81. The fourth-order valence-electron chi connectivity index (χ4n) is 3.06. The zero-order valence-corrected chi connectivity index (χ0v) is 13.0. The van der Waals surface area contributed by atoms with E-state index in [9.17, 15) is 9.59 Å². The Morgan fingerprint density at radius 3 is 2.62 bits per heavy atom. The Hall–Kier alpha value is -1.30. The van der Waals surface area contributed by atoms with Crippen molar-refractivity contribution in [2.45, 2.75) is 57.8 Å². The molecule has 0 aromatic rings. The summed E-state index contributed by atoms with van der Waals surface area (Å²) in [7, 11) is 1.29. The molecule has 1 saturated carbocycles. The van der Waals surface area contributed by atoms with Crippen LogP contribution in [0.15, 0.2) is 0 Å². The first-order chi connectivity index (χ1) is 10.0. The minimum atomic E-state index is -0.662. The summed E-state index contributed by atoms with van der Waals surface area (Å²) in [6.07, 6.45) is 3.58. The number of methoxy groups -OCH3 is 1. The highest BCUT2D eigenvalue weighted by atomic mass is 16.5. The lowest BCUT2D eigenvalue weighted by Gasteiger charge is -2.37. The molecule has 0 aromatic heterocycles. The van der Waals surface area contributed by atoms with E-state index in [1.165, 1.54) is 20.0 Å². The molecule has 6 heteroatoms. The molecule has 21 heavy (non-hydrogen) atoms. The number of carbonyl (C=O) groups excluding carboxylic acids is 2. The van der Waals surface area contributed by atoms with Crippen molar-refractivity contribution in [1.29, 1.82) is 0 Å². The molecule has 0 spiro atoms. The van der Waals surface area contributed by atoms with Gasteiger partial charge in [0.2, 0.25) is 0 Å². The standard InChI is InChI=1S/C15H25NO5/c1-4-20-14(17)13(16-15(18)19-3)11-7-9(2)21-12(8-11)10-5-6-10/h9-13H,4-8H2,1-3H3,(H,16,18). The number of hydrogen-bond donors (Lipinski definition) is 1. The molecule has 4 atom stereocenters. The predicted molar refractivity (Wildman–Crippen MR) is 75.7 cm³/mol. The number of amides is 1. The maximum absolute atomic E-state index is 12.2. The Bertz CT molecular complexity index is 382. The molecule has 0 bridgehead atoms.